The van der Waals surface area contributed by atoms with Crippen molar-refractivity contribution in [2.24, 2.45) is 5.92 Å². The highest BCUT2D eigenvalue weighted by Crippen LogP contribution is 2.25. The van der Waals surface area contributed by atoms with Gasteiger partial charge >= 0.3 is 0 Å². The minimum absolute atomic E-state index is 0.995. The molecule has 0 atom stereocenters. The number of hydrogen-bond acceptors (Lipinski definition) is 2. The zero-order chi connectivity index (χ0) is 11.1. The zero-order valence-corrected chi connectivity index (χ0v) is 10.1. The Hall–Kier alpha value is -0.830. The third-order valence-electron chi connectivity index (χ3n) is 3.56. The summed E-state index contributed by atoms with van der Waals surface area (Å²) in [6.45, 7) is 3.27. The predicted octanol–water partition coefficient (Wildman–Crippen LogP) is 2.44. The van der Waals surface area contributed by atoms with Gasteiger partial charge in [0, 0.05) is 25.5 Å². The van der Waals surface area contributed by atoms with E-state index in [0.29, 0.717) is 0 Å². The van der Waals surface area contributed by atoms with Crippen LogP contribution in [0.1, 0.15) is 38.5 Å². The Labute approximate surface area is 98.3 Å². The van der Waals surface area contributed by atoms with Crippen LogP contribution in [0.2, 0.25) is 0 Å². The molecule has 0 unspecified atom stereocenters. The van der Waals surface area contributed by atoms with E-state index < -0.39 is 0 Å². The fourth-order valence-electron chi connectivity index (χ4n) is 2.53. The van der Waals surface area contributed by atoms with E-state index in [2.05, 4.69) is 14.9 Å². The van der Waals surface area contributed by atoms with Crippen molar-refractivity contribution < 1.29 is 0 Å². The molecule has 1 aromatic heterocycles. The quantitative estimate of drug-likeness (QED) is 0.748. The van der Waals surface area contributed by atoms with Crippen LogP contribution in [0.4, 0.5) is 0 Å². The first-order valence-electron chi connectivity index (χ1n) is 6.61. The molecule has 0 bridgehead atoms. The van der Waals surface area contributed by atoms with E-state index >= 15 is 0 Å². The van der Waals surface area contributed by atoms with Gasteiger partial charge in [0.1, 0.15) is 0 Å². The second-order valence-corrected chi connectivity index (χ2v) is 4.84. The van der Waals surface area contributed by atoms with E-state index in [1.807, 2.05) is 18.7 Å². The molecule has 0 aliphatic heterocycles. The SMILES string of the molecule is c1cn(CCNCCC2CCCCC2)cn1. The summed E-state index contributed by atoms with van der Waals surface area (Å²) in [5.41, 5.74) is 0. The first-order valence-corrected chi connectivity index (χ1v) is 6.61. The lowest BCUT2D eigenvalue weighted by Crippen LogP contribution is -2.23. The second kappa shape index (κ2) is 6.69. The topological polar surface area (TPSA) is 29.9 Å². The van der Waals surface area contributed by atoms with Gasteiger partial charge in [-0.05, 0) is 18.9 Å². The summed E-state index contributed by atoms with van der Waals surface area (Å²) in [4.78, 5) is 4.03. The number of hydrogen-bond donors (Lipinski definition) is 1. The van der Waals surface area contributed by atoms with Gasteiger partial charge in [-0.3, -0.25) is 0 Å². The lowest BCUT2D eigenvalue weighted by molar-refractivity contribution is 0.333. The molecule has 1 heterocycles. The number of nitrogens with one attached hydrogen (secondary N) is 1. The van der Waals surface area contributed by atoms with Crippen LogP contribution >= 0.6 is 0 Å². The van der Waals surface area contributed by atoms with Crippen molar-refractivity contribution in [1.29, 1.82) is 0 Å². The van der Waals surface area contributed by atoms with Crippen molar-refractivity contribution >= 4 is 0 Å². The minimum Gasteiger partial charge on any atom is -0.336 e. The molecule has 1 aromatic rings. The molecule has 0 spiro atoms. The van der Waals surface area contributed by atoms with Gasteiger partial charge in [0.25, 0.3) is 0 Å². The van der Waals surface area contributed by atoms with Crippen LogP contribution in [-0.4, -0.2) is 22.6 Å². The minimum atomic E-state index is 0.995. The lowest BCUT2D eigenvalue weighted by atomic mass is 9.87. The van der Waals surface area contributed by atoms with Crippen LogP contribution in [0.15, 0.2) is 18.7 Å². The van der Waals surface area contributed by atoms with Gasteiger partial charge in [-0.25, -0.2) is 4.98 Å². The van der Waals surface area contributed by atoms with Crippen LogP contribution in [0.25, 0.3) is 0 Å². The van der Waals surface area contributed by atoms with E-state index in [9.17, 15) is 0 Å². The van der Waals surface area contributed by atoms with Crippen molar-refractivity contribution in [2.75, 3.05) is 13.1 Å². The molecule has 1 saturated carbocycles. The highest BCUT2D eigenvalue weighted by molar-refractivity contribution is 4.74. The smallest absolute Gasteiger partial charge is 0.0946 e. The molecule has 0 radical (unpaired) electrons. The molecule has 1 aliphatic carbocycles. The van der Waals surface area contributed by atoms with Crippen molar-refractivity contribution in [3.63, 3.8) is 0 Å². The van der Waals surface area contributed by atoms with Gasteiger partial charge in [0.15, 0.2) is 0 Å². The summed E-state index contributed by atoms with van der Waals surface area (Å²) in [5, 5.41) is 3.52. The number of rotatable bonds is 6. The summed E-state index contributed by atoms with van der Waals surface area (Å²) < 4.78 is 2.12. The van der Waals surface area contributed by atoms with Crippen LogP contribution in [0.5, 0.6) is 0 Å². The molecule has 0 amide bonds. The third kappa shape index (κ3) is 3.97. The molecule has 0 saturated heterocycles. The Balaban J connectivity index is 1.48. The van der Waals surface area contributed by atoms with E-state index in [4.69, 9.17) is 0 Å². The number of aromatic nitrogens is 2. The van der Waals surface area contributed by atoms with Crippen LogP contribution in [0, 0.1) is 5.92 Å². The van der Waals surface area contributed by atoms with E-state index in [1.165, 1.54) is 45.1 Å². The van der Waals surface area contributed by atoms with Crippen LogP contribution in [0.3, 0.4) is 0 Å². The molecular weight excluding hydrogens is 198 g/mol. The van der Waals surface area contributed by atoms with Gasteiger partial charge in [-0.15, -0.1) is 0 Å². The fourth-order valence-corrected chi connectivity index (χ4v) is 2.53. The van der Waals surface area contributed by atoms with Crippen molar-refractivity contribution in [3.05, 3.63) is 18.7 Å². The lowest BCUT2D eigenvalue weighted by Gasteiger charge is -2.21. The molecule has 1 N–H and O–H groups in total. The van der Waals surface area contributed by atoms with E-state index in [1.54, 1.807) is 0 Å². The summed E-state index contributed by atoms with van der Waals surface area (Å²) in [7, 11) is 0. The Bertz CT molecular complexity index is 263. The highest BCUT2D eigenvalue weighted by atomic mass is 15.0. The summed E-state index contributed by atoms with van der Waals surface area (Å²) in [5.74, 6) is 0.995. The average molecular weight is 221 g/mol. The normalized spacial score (nSPS) is 17.8. The fraction of sp³-hybridized carbons (Fsp3) is 0.769. The molecule has 1 aliphatic rings. The molecule has 90 valence electrons. The number of nitrogens with zero attached hydrogens (tertiary/aromatic N) is 2. The van der Waals surface area contributed by atoms with Crippen molar-refractivity contribution in [3.8, 4) is 0 Å². The monoisotopic (exact) mass is 221 g/mol. The summed E-state index contributed by atoms with van der Waals surface area (Å²) in [6, 6.07) is 0. The van der Waals surface area contributed by atoms with Crippen LogP contribution < -0.4 is 5.32 Å². The maximum absolute atomic E-state index is 4.03. The highest BCUT2D eigenvalue weighted by Gasteiger charge is 2.12. The van der Waals surface area contributed by atoms with Gasteiger partial charge in [0.2, 0.25) is 0 Å². The second-order valence-electron chi connectivity index (χ2n) is 4.84. The maximum atomic E-state index is 4.03. The summed E-state index contributed by atoms with van der Waals surface area (Å²) in [6.07, 6.45) is 14.4. The molecule has 3 heteroatoms. The molecule has 16 heavy (non-hydrogen) atoms. The van der Waals surface area contributed by atoms with Crippen molar-refractivity contribution in [2.45, 2.75) is 45.1 Å². The average Bonchev–Trinajstić information content (AvgIpc) is 2.83. The van der Waals surface area contributed by atoms with Gasteiger partial charge in [0.05, 0.1) is 6.33 Å². The third-order valence-corrected chi connectivity index (χ3v) is 3.56. The maximum Gasteiger partial charge on any atom is 0.0946 e. The van der Waals surface area contributed by atoms with Crippen LogP contribution in [-0.2, 0) is 6.54 Å². The first kappa shape index (κ1) is 11.6. The van der Waals surface area contributed by atoms with E-state index in [-0.39, 0.29) is 0 Å². The Morgan fingerprint density at radius 3 is 2.81 bits per heavy atom. The largest absolute Gasteiger partial charge is 0.336 e. The first-order chi connectivity index (χ1) is 7.95. The molecule has 0 aromatic carbocycles. The van der Waals surface area contributed by atoms with Gasteiger partial charge in [-0.2, -0.15) is 0 Å². The number of imidazole rings is 1. The Morgan fingerprint density at radius 1 is 1.19 bits per heavy atom. The molecular formula is C13H23N3. The zero-order valence-electron chi connectivity index (χ0n) is 10.1. The van der Waals surface area contributed by atoms with Gasteiger partial charge in [-0.1, -0.05) is 32.1 Å². The Morgan fingerprint density at radius 2 is 2.06 bits per heavy atom. The molecule has 1 fully saturated rings. The Kier molecular flexibility index (Phi) is 4.87. The predicted molar refractivity (Wildman–Crippen MR) is 66.3 cm³/mol. The molecule has 2 rings (SSSR count). The summed E-state index contributed by atoms with van der Waals surface area (Å²) >= 11 is 0. The standard InChI is InChI=1S/C13H23N3/c1-2-4-13(5-3-1)6-7-14-8-10-16-11-9-15-12-16/h9,11-14H,1-8,10H2. The van der Waals surface area contributed by atoms with Crippen molar-refractivity contribution in [1.82, 2.24) is 14.9 Å². The molecule has 3 nitrogen and oxygen atoms in total. The van der Waals surface area contributed by atoms with E-state index in [0.717, 1.165) is 19.0 Å². The van der Waals surface area contributed by atoms with Gasteiger partial charge < -0.3 is 9.88 Å².